The highest BCUT2D eigenvalue weighted by molar-refractivity contribution is 5.83. The molecule has 1 saturated carbocycles. The van der Waals surface area contributed by atoms with Crippen molar-refractivity contribution in [1.29, 1.82) is 0 Å². The third-order valence-corrected chi connectivity index (χ3v) is 2.60. The topological polar surface area (TPSA) is 78.4 Å². The average Bonchev–Trinajstić information content (AvgIpc) is 2.58. The predicted molar refractivity (Wildman–Crippen MR) is 55.0 cm³/mol. The molecule has 0 heterocycles. The maximum Gasteiger partial charge on any atom is 0.239 e. The Labute approximate surface area is 89.2 Å². The van der Waals surface area contributed by atoms with Crippen molar-refractivity contribution in [2.24, 2.45) is 5.92 Å². The third kappa shape index (κ3) is 4.78. The summed E-state index contributed by atoms with van der Waals surface area (Å²) < 4.78 is 0. The summed E-state index contributed by atoms with van der Waals surface area (Å²) >= 11 is 0. The molecule has 86 valence electrons. The molecule has 2 atom stereocenters. The lowest BCUT2D eigenvalue weighted by molar-refractivity contribution is -0.125. The highest BCUT2D eigenvalue weighted by Gasteiger charge is 2.22. The van der Waals surface area contributed by atoms with Crippen LogP contribution in [0.3, 0.4) is 0 Å². The highest BCUT2D eigenvalue weighted by atomic mass is 16.3. The van der Waals surface area contributed by atoms with Gasteiger partial charge in [-0.05, 0) is 25.2 Å². The molecular weight excluding hydrogens is 196 g/mol. The molecule has 1 fully saturated rings. The van der Waals surface area contributed by atoms with Crippen LogP contribution in [0.25, 0.3) is 0 Å². The maximum atomic E-state index is 11.2. The van der Waals surface area contributed by atoms with Crippen LogP contribution in [0.4, 0.5) is 0 Å². The second kappa shape index (κ2) is 5.70. The zero-order valence-electron chi connectivity index (χ0n) is 8.95. The molecule has 2 amide bonds. The number of rotatable bonds is 4. The van der Waals surface area contributed by atoms with Gasteiger partial charge in [0.2, 0.25) is 11.8 Å². The molecule has 15 heavy (non-hydrogen) atoms. The van der Waals surface area contributed by atoms with Gasteiger partial charge in [0.15, 0.2) is 0 Å². The van der Waals surface area contributed by atoms with Gasteiger partial charge in [-0.15, -0.1) is 0 Å². The number of aliphatic hydroxyl groups is 1. The van der Waals surface area contributed by atoms with Crippen LogP contribution < -0.4 is 10.6 Å². The van der Waals surface area contributed by atoms with Gasteiger partial charge < -0.3 is 15.7 Å². The van der Waals surface area contributed by atoms with Crippen LogP contribution in [0.1, 0.15) is 26.2 Å². The lowest BCUT2D eigenvalue weighted by Crippen LogP contribution is -2.37. The van der Waals surface area contributed by atoms with E-state index in [2.05, 4.69) is 10.6 Å². The van der Waals surface area contributed by atoms with Crippen molar-refractivity contribution in [1.82, 2.24) is 10.6 Å². The Bertz CT molecular complexity index is 243. The molecular formula is C10H18N2O3. The van der Waals surface area contributed by atoms with E-state index in [1.54, 1.807) is 0 Å². The van der Waals surface area contributed by atoms with Crippen molar-refractivity contribution in [3.05, 3.63) is 0 Å². The Morgan fingerprint density at radius 2 is 2.07 bits per heavy atom. The summed E-state index contributed by atoms with van der Waals surface area (Å²) in [6.07, 6.45) is 2.34. The van der Waals surface area contributed by atoms with E-state index in [9.17, 15) is 14.7 Å². The molecule has 1 aliphatic carbocycles. The smallest absolute Gasteiger partial charge is 0.239 e. The molecule has 5 heteroatoms. The average molecular weight is 214 g/mol. The normalized spacial score (nSPS) is 24.9. The summed E-state index contributed by atoms with van der Waals surface area (Å²) in [6, 6.07) is 0. The number of hydrogen-bond donors (Lipinski definition) is 3. The lowest BCUT2D eigenvalue weighted by Gasteiger charge is -2.10. The second-order valence-electron chi connectivity index (χ2n) is 4.05. The minimum Gasteiger partial charge on any atom is -0.393 e. The van der Waals surface area contributed by atoms with Gasteiger partial charge in [-0.2, -0.15) is 0 Å². The van der Waals surface area contributed by atoms with E-state index >= 15 is 0 Å². The zero-order chi connectivity index (χ0) is 11.3. The number of carbonyl (C=O) groups excluding carboxylic acids is 2. The van der Waals surface area contributed by atoms with E-state index in [1.807, 2.05) is 0 Å². The maximum absolute atomic E-state index is 11.2. The van der Waals surface area contributed by atoms with Crippen LogP contribution in [-0.4, -0.2) is 36.1 Å². The van der Waals surface area contributed by atoms with Gasteiger partial charge in [0, 0.05) is 13.5 Å². The van der Waals surface area contributed by atoms with Crippen LogP contribution >= 0.6 is 0 Å². The second-order valence-corrected chi connectivity index (χ2v) is 4.05. The molecule has 2 unspecified atom stereocenters. The molecule has 1 rings (SSSR count). The fourth-order valence-corrected chi connectivity index (χ4v) is 1.76. The zero-order valence-corrected chi connectivity index (χ0v) is 8.95. The number of hydrogen-bond acceptors (Lipinski definition) is 3. The Kier molecular flexibility index (Phi) is 4.55. The minimum absolute atomic E-state index is 0.0323. The summed E-state index contributed by atoms with van der Waals surface area (Å²) in [5.41, 5.74) is 0. The van der Waals surface area contributed by atoms with Gasteiger partial charge in [-0.1, -0.05) is 0 Å². The monoisotopic (exact) mass is 214 g/mol. The van der Waals surface area contributed by atoms with E-state index < -0.39 is 0 Å². The quantitative estimate of drug-likeness (QED) is 0.584. The van der Waals surface area contributed by atoms with Gasteiger partial charge in [-0.3, -0.25) is 9.59 Å². The van der Waals surface area contributed by atoms with Crippen molar-refractivity contribution >= 4 is 11.8 Å². The summed E-state index contributed by atoms with van der Waals surface area (Å²) in [4.78, 5) is 21.7. The molecule has 0 aromatic carbocycles. The first kappa shape index (κ1) is 12.0. The van der Waals surface area contributed by atoms with Crippen molar-refractivity contribution in [2.75, 3.05) is 13.1 Å². The summed E-state index contributed by atoms with van der Waals surface area (Å²) in [5, 5.41) is 14.4. The van der Waals surface area contributed by atoms with Crippen molar-refractivity contribution in [3.63, 3.8) is 0 Å². The Hall–Kier alpha value is -1.10. The van der Waals surface area contributed by atoms with Crippen molar-refractivity contribution in [2.45, 2.75) is 32.3 Å². The first-order chi connectivity index (χ1) is 7.08. The van der Waals surface area contributed by atoms with E-state index in [0.29, 0.717) is 12.5 Å². The van der Waals surface area contributed by atoms with Crippen LogP contribution in [0, 0.1) is 5.92 Å². The molecule has 0 spiro atoms. The third-order valence-electron chi connectivity index (χ3n) is 2.60. The number of nitrogens with one attached hydrogen (secondary N) is 2. The molecule has 0 radical (unpaired) electrons. The van der Waals surface area contributed by atoms with Gasteiger partial charge in [0.25, 0.3) is 0 Å². The summed E-state index contributed by atoms with van der Waals surface area (Å²) in [5.74, 6) is -0.00527. The van der Waals surface area contributed by atoms with Crippen molar-refractivity contribution < 1.29 is 14.7 Å². The number of amides is 2. The minimum atomic E-state index is -0.207. The summed E-state index contributed by atoms with van der Waals surface area (Å²) in [7, 11) is 0. The van der Waals surface area contributed by atoms with E-state index in [4.69, 9.17) is 0 Å². The first-order valence-electron chi connectivity index (χ1n) is 5.27. The van der Waals surface area contributed by atoms with Gasteiger partial charge in [-0.25, -0.2) is 0 Å². The SMILES string of the molecule is CC(=O)NCC(=O)NCC1CCC(O)C1. The van der Waals surface area contributed by atoms with Crippen LogP contribution in [0.2, 0.25) is 0 Å². The molecule has 3 N–H and O–H groups in total. The largest absolute Gasteiger partial charge is 0.393 e. The highest BCUT2D eigenvalue weighted by Crippen LogP contribution is 2.24. The molecule has 0 aromatic rings. The van der Waals surface area contributed by atoms with Gasteiger partial charge >= 0.3 is 0 Å². The van der Waals surface area contributed by atoms with Crippen LogP contribution in [0.15, 0.2) is 0 Å². The molecule has 0 aliphatic heterocycles. The Morgan fingerprint density at radius 3 is 2.60 bits per heavy atom. The number of aliphatic hydroxyl groups excluding tert-OH is 1. The standard InChI is InChI=1S/C10H18N2O3/c1-7(13)11-6-10(15)12-5-8-2-3-9(14)4-8/h8-9,14H,2-6H2,1H3,(H,11,13)(H,12,15). The molecule has 0 bridgehead atoms. The van der Waals surface area contributed by atoms with E-state index in [0.717, 1.165) is 19.3 Å². The van der Waals surface area contributed by atoms with Gasteiger partial charge in [0.1, 0.15) is 0 Å². The Balaban J connectivity index is 2.09. The lowest BCUT2D eigenvalue weighted by atomic mass is 10.1. The molecule has 0 aromatic heterocycles. The van der Waals surface area contributed by atoms with E-state index in [1.165, 1.54) is 6.92 Å². The molecule has 5 nitrogen and oxygen atoms in total. The van der Waals surface area contributed by atoms with E-state index in [-0.39, 0.29) is 24.5 Å². The number of carbonyl (C=O) groups is 2. The fraction of sp³-hybridized carbons (Fsp3) is 0.800. The predicted octanol–water partition coefficient (Wildman–Crippen LogP) is -0.600. The van der Waals surface area contributed by atoms with Crippen molar-refractivity contribution in [3.8, 4) is 0 Å². The van der Waals surface area contributed by atoms with Crippen LogP contribution in [-0.2, 0) is 9.59 Å². The Morgan fingerprint density at radius 1 is 1.33 bits per heavy atom. The molecule has 1 aliphatic rings. The first-order valence-corrected chi connectivity index (χ1v) is 5.27. The molecule has 0 saturated heterocycles. The van der Waals surface area contributed by atoms with Gasteiger partial charge in [0.05, 0.1) is 12.6 Å². The fourth-order valence-electron chi connectivity index (χ4n) is 1.76. The summed E-state index contributed by atoms with van der Waals surface area (Å²) in [6.45, 7) is 2.00. The van der Waals surface area contributed by atoms with Crippen LogP contribution in [0.5, 0.6) is 0 Å².